The Kier molecular flexibility index (Phi) is 4.31. The fourth-order valence-electron chi connectivity index (χ4n) is 2.46. The molecule has 1 aliphatic rings. The molecule has 1 atom stereocenters. The number of hydrogen-bond acceptors (Lipinski definition) is 2. The molecule has 3 nitrogen and oxygen atoms in total. The Balaban J connectivity index is 2.08. The number of benzene rings is 1. The van der Waals surface area contributed by atoms with Crippen molar-refractivity contribution >= 4 is 5.97 Å². The summed E-state index contributed by atoms with van der Waals surface area (Å²) in [7, 11) is 0. The molecule has 4 heteroatoms. The molecule has 1 aromatic carbocycles. The number of carboxylic acids is 1. The van der Waals surface area contributed by atoms with Crippen LogP contribution in [0.1, 0.15) is 31.2 Å². The highest BCUT2D eigenvalue weighted by molar-refractivity contribution is 5.73. The van der Waals surface area contributed by atoms with Gasteiger partial charge in [-0.3, -0.25) is 9.69 Å². The number of halogens is 1. The van der Waals surface area contributed by atoms with Gasteiger partial charge in [-0.05, 0) is 37.1 Å². The second-order valence-corrected chi connectivity index (χ2v) is 4.80. The number of nitrogens with zero attached hydrogens (tertiary/aromatic N) is 1. The molecule has 18 heavy (non-hydrogen) atoms. The Bertz CT molecular complexity index is 405. The van der Waals surface area contributed by atoms with Gasteiger partial charge in [0.1, 0.15) is 11.9 Å². The molecule has 1 fully saturated rings. The van der Waals surface area contributed by atoms with E-state index in [2.05, 4.69) is 0 Å². The van der Waals surface area contributed by atoms with E-state index in [4.69, 9.17) is 0 Å². The van der Waals surface area contributed by atoms with Crippen LogP contribution in [0.4, 0.5) is 4.39 Å². The second-order valence-electron chi connectivity index (χ2n) is 4.80. The van der Waals surface area contributed by atoms with Gasteiger partial charge < -0.3 is 5.11 Å². The van der Waals surface area contributed by atoms with E-state index in [-0.39, 0.29) is 5.82 Å². The highest BCUT2D eigenvalue weighted by atomic mass is 19.1. The summed E-state index contributed by atoms with van der Waals surface area (Å²) in [6.07, 6.45) is 3.79. The lowest BCUT2D eigenvalue weighted by Gasteiger charge is -2.26. The molecule has 1 N–H and O–H groups in total. The first-order valence-corrected chi connectivity index (χ1v) is 6.38. The third kappa shape index (κ3) is 3.29. The van der Waals surface area contributed by atoms with E-state index < -0.39 is 12.0 Å². The topological polar surface area (TPSA) is 40.5 Å². The van der Waals surface area contributed by atoms with Crippen LogP contribution in [0.2, 0.25) is 0 Å². The maximum Gasteiger partial charge on any atom is 0.320 e. The standard InChI is InChI=1S/C14H18FNO2/c15-12-7-5-11(6-8-12)10-16-9-3-1-2-4-13(16)14(17)18/h5-8,13H,1-4,9-10H2,(H,17,18). The van der Waals surface area contributed by atoms with E-state index in [1.165, 1.54) is 12.1 Å². The van der Waals surface area contributed by atoms with Gasteiger partial charge in [-0.2, -0.15) is 0 Å². The zero-order valence-corrected chi connectivity index (χ0v) is 10.3. The maximum atomic E-state index is 12.8. The average molecular weight is 251 g/mol. The summed E-state index contributed by atoms with van der Waals surface area (Å²) in [4.78, 5) is 13.2. The Labute approximate surface area is 106 Å². The molecule has 0 aliphatic carbocycles. The quantitative estimate of drug-likeness (QED) is 0.897. The van der Waals surface area contributed by atoms with Crippen LogP contribution in [0.5, 0.6) is 0 Å². The summed E-state index contributed by atoms with van der Waals surface area (Å²) in [6.45, 7) is 1.38. The van der Waals surface area contributed by atoms with Crippen molar-refractivity contribution in [2.45, 2.75) is 38.3 Å². The molecule has 0 radical (unpaired) electrons. The number of aliphatic carboxylic acids is 1. The fourth-order valence-corrected chi connectivity index (χ4v) is 2.46. The number of carbonyl (C=O) groups is 1. The molecule has 1 aromatic rings. The van der Waals surface area contributed by atoms with Gasteiger partial charge in [-0.1, -0.05) is 25.0 Å². The summed E-state index contributed by atoms with van der Waals surface area (Å²) >= 11 is 0. The van der Waals surface area contributed by atoms with Crippen LogP contribution in [0.15, 0.2) is 24.3 Å². The molecule has 1 unspecified atom stereocenters. The minimum atomic E-state index is -0.751. The summed E-state index contributed by atoms with van der Waals surface area (Å²) in [5, 5.41) is 9.25. The van der Waals surface area contributed by atoms with Gasteiger partial charge in [0.25, 0.3) is 0 Å². The molecule has 1 saturated heterocycles. The Morgan fingerprint density at radius 1 is 1.28 bits per heavy atom. The minimum Gasteiger partial charge on any atom is -0.480 e. The van der Waals surface area contributed by atoms with Crippen LogP contribution in [-0.4, -0.2) is 28.6 Å². The molecule has 0 saturated carbocycles. The van der Waals surface area contributed by atoms with Gasteiger partial charge in [0.2, 0.25) is 0 Å². The van der Waals surface area contributed by atoms with Crippen molar-refractivity contribution in [1.29, 1.82) is 0 Å². The highest BCUT2D eigenvalue weighted by Crippen LogP contribution is 2.19. The SMILES string of the molecule is O=C(O)C1CCCCCN1Cc1ccc(F)cc1. The molecule has 98 valence electrons. The van der Waals surface area contributed by atoms with Crippen LogP contribution >= 0.6 is 0 Å². The molecule has 0 aromatic heterocycles. The largest absolute Gasteiger partial charge is 0.480 e. The molecule has 1 aliphatic heterocycles. The fraction of sp³-hybridized carbons (Fsp3) is 0.500. The van der Waals surface area contributed by atoms with E-state index in [0.717, 1.165) is 31.4 Å². The lowest BCUT2D eigenvalue weighted by atomic mass is 10.1. The van der Waals surface area contributed by atoms with Crippen LogP contribution < -0.4 is 0 Å². The highest BCUT2D eigenvalue weighted by Gasteiger charge is 2.26. The average Bonchev–Trinajstić information content (AvgIpc) is 2.57. The number of likely N-dealkylation sites (tertiary alicyclic amines) is 1. The molecule has 0 spiro atoms. The molecular formula is C14H18FNO2. The number of rotatable bonds is 3. The van der Waals surface area contributed by atoms with Crippen LogP contribution in [0.25, 0.3) is 0 Å². The minimum absolute atomic E-state index is 0.260. The summed E-state index contributed by atoms with van der Waals surface area (Å²) in [6, 6.07) is 5.88. The van der Waals surface area contributed by atoms with E-state index in [1.807, 2.05) is 4.90 Å². The van der Waals surface area contributed by atoms with Crippen LogP contribution in [0, 0.1) is 5.82 Å². The molecular weight excluding hydrogens is 233 g/mol. The lowest BCUT2D eigenvalue weighted by Crippen LogP contribution is -2.40. The van der Waals surface area contributed by atoms with Crippen molar-refractivity contribution in [3.8, 4) is 0 Å². The van der Waals surface area contributed by atoms with Gasteiger partial charge >= 0.3 is 5.97 Å². The molecule has 1 heterocycles. The first kappa shape index (κ1) is 13.0. The molecule has 0 bridgehead atoms. The monoisotopic (exact) mass is 251 g/mol. The Morgan fingerprint density at radius 2 is 2.00 bits per heavy atom. The normalized spacial score (nSPS) is 21.5. The first-order valence-electron chi connectivity index (χ1n) is 6.38. The van der Waals surface area contributed by atoms with Crippen molar-refractivity contribution < 1.29 is 14.3 Å². The van der Waals surface area contributed by atoms with E-state index in [9.17, 15) is 14.3 Å². The third-order valence-electron chi connectivity index (χ3n) is 3.45. The van der Waals surface area contributed by atoms with Crippen LogP contribution in [0.3, 0.4) is 0 Å². The zero-order valence-electron chi connectivity index (χ0n) is 10.3. The van der Waals surface area contributed by atoms with Gasteiger partial charge in [-0.25, -0.2) is 4.39 Å². The summed E-state index contributed by atoms with van der Waals surface area (Å²) < 4.78 is 12.8. The first-order chi connectivity index (χ1) is 8.66. The Hall–Kier alpha value is -1.42. The predicted molar refractivity (Wildman–Crippen MR) is 66.7 cm³/mol. The zero-order chi connectivity index (χ0) is 13.0. The van der Waals surface area contributed by atoms with Crippen molar-refractivity contribution in [2.75, 3.05) is 6.54 Å². The van der Waals surface area contributed by atoms with Gasteiger partial charge in [-0.15, -0.1) is 0 Å². The predicted octanol–water partition coefficient (Wildman–Crippen LogP) is 2.65. The smallest absolute Gasteiger partial charge is 0.320 e. The molecule has 2 rings (SSSR count). The second kappa shape index (κ2) is 5.96. The lowest BCUT2D eigenvalue weighted by molar-refractivity contribution is -0.143. The summed E-state index contributed by atoms with van der Waals surface area (Å²) in [5.74, 6) is -1.01. The maximum absolute atomic E-state index is 12.8. The number of carboxylic acid groups (broad SMARTS) is 1. The van der Waals surface area contributed by atoms with Crippen molar-refractivity contribution in [3.05, 3.63) is 35.6 Å². The van der Waals surface area contributed by atoms with Gasteiger partial charge in [0.15, 0.2) is 0 Å². The number of hydrogen-bond donors (Lipinski definition) is 1. The molecule has 0 amide bonds. The van der Waals surface area contributed by atoms with E-state index >= 15 is 0 Å². The van der Waals surface area contributed by atoms with Crippen molar-refractivity contribution in [2.24, 2.45) is 0 Å². The van der Waals surface area contributed by atoms with E-state index in [1.54, 1.807) is 12.1 Å². The summed E-state index contributed by atoms with van der Waals surface area (Å²) in [5.41, 5.74) is 0.963. The van der Waals surface area contributed by atoms with E-state index in [0.29, 0.717) is 13.0 Å². The van der Waals surface area contributed by atoms with Gasteiger partial charge in [0.05, 0.1) is 0 Å². The van der Waals surface area contributed by atoms with Crippen molar-refractivity contribution in [1.82, 2.24) is 4.90 Å². The van der Waals surface area contributed by atoms with Gasteiger partial charge in [0, 0.05) is 6.54 Å². The van der Waals surface area contributed by atoms with Crippen LogP contribution in [-0.2, 0) is 11.3 Å². The van der Waals surface area contributed by atoms with Crippen molar-refractivity contribution in [3.63, 3.8) is 0 Å². The Morgan fingerprint density at radius 3 is 2.67 bits per heavy atom. The third-order valence-corrected chi connectivity index (χ3v) is 3.45.